The van der Waals surface area contributed by atoms with Gasteiger partial charge in [-0.05, 0) is 11.5 Å². The Bertz CT molecular complexity index is 476. The number of nitrogens with zero attached hydrogens (tertiary/aromatic N) is 1. The van der Waals surface area contributed by atoms with Crippen LogP contribution >= 0.6 is 23.4 Å². The van der Waals surface area contributed by atoms with Gasteiger partial charge in [0, 0.05) is 6.42 Å². The van der Waals surface area contributed by atoms with Gasteiger partial charge < -0.3 is 5.32 Å². The highest BCUT2D eigenvalue weighted by Gasteiger charge is 2.32. The first-order chi connectivity index (χ1) is 9.06. The molecule has 1 aromatic carbocycles. The Labute approximate surface area is 122 Å². The Morgan fingerprint density at radius 2 is 2.05 bits per heavy atom. The van der Waals surface area contributed by atoms with Crippen molar-refractivity contribution in [3.63, 3.8) is 0 Å². The molecular weight excluding hydrogens is 280 g/mol. The maximum absolute atomic E-state index is 11.7. The Kier molecular flexibility index (Phi) is 4.88. The van der Waals surface area contributed by atoms with Gasteiger partial charge in [-0.25, -0.2) is 4.99 Å². The summed E-state index contributed by atoms with van der Waals surface area (Å²) in [7, 11) is 0. The quantitative estimate of drug-likeness (QED) is 0.685. The second kappa shape index (κ2) is 6.44. The molecule has 1 aliphatic rings. The SMILES string of the molecule is CC(C)C1SC(=NC(Cl)Cc2ccccc2)NC1=O. The van der Waals surface area contributed by atoms with Crippen LogP contribution in [0.25, 0.3) is 0 Å². The van der Waals surface area contributed by atoms with Crippen molar-refractivity contribution in [2.45, 2.75) is 31.0 Å². The lowest BCUT2D eigenvalue weighted by Gasteiger charge is -2.08. The molecule has 2 rings (SSSR count). The lowest BCUT2D eigenvalue weighted by atomic mass is 10.1. The number of carbonyl (C=O) groups is 1. The van der Waals surface area contributed by atoms with Crippen molar-refractivity contribution in [2.75, 3.05) is 0 Å². The number of hydrogen-bond acceptors (Lipinski definition) is 3. The molecule has 0 bridgehead atoms. The van der Waals surface area contributed by atoms with Crippen molar-refractivity contribution >= 4 is 34.4 Å². The van der Waals surface area contributed by atoms with Crippen LogP contribution in [0.15, 0.2) is 35.3 Å². The first-order valence-electron chi connectivity index (χ1n) is 6.29. The third-order valence-electron chi connectivity index (χ3n) is 2.84. The van der Waals surface area contributed by atoms with E-state index in [9.17, 15) is 4.79 Å². The van der Waals surface area contributed by atoms with Crippen LogP contribution in [0.3, 0.4) is 0 Å². The summed E-state index contributed by atoms with van der Waals surface area (Å²) in [6.07, 6.45) is 0.661. The standard InChI is InChI=1S/C14H17ClN2OS/c1-9(2)12-13(18)17-14(19-12)16-11(15)8-10-6-4-3-5-7-10/h3-7,9,11-12H,8H2,1-2H3,(H,16,17,18). The second-order valence-corrected chi connectivity index (χ2v) is 6.46. The minimum absolute atomic E-state index is 0.0299. The summed E-state index contributed by atoms with van der Waals surface area (Å²) in [5, 5.41) is 3.37. The van der Waals surface area contributed by atoms with Gasteiger partial charge in [0.1, 0.15) is 5.50 Å². The molecule has 1 fully saturated rings. The molecule has 1 aliphatic heterocycles. The molecule has 1 aromatic rings. The van der Waals surface area contributed by atoms with Crippen LogP contribution in [0.2, 0.25) is 0 Å². The van der Waals surface area contributed by atoms with E-state index in [0.717, 1.165) is 5.56 Å². The number of amides is 1. The van der Waals surface area contributed by atoms with Crippen molar-refractivity contribution in [3.8, 4) is 0 Å². The van der Waals surface area contributed by atoms with Gasteiger partial charge in [-0.1, -0.05) is 67.5 Å². The summed E-state index contributed by atoms with van der Waals surface area (Å²) in [6.45, 7) is 4.06. The van der Waals surface area contributed by atoms with Crippen LogP contribution in [-0.2, 0) is 11.2 Å². The smallest absolute Gasteiger partial charge is 0.239 e. The lowest BCUT2D eigenvalue weighted by molar-refractivity contribution is -0.119. The van der Waals surface area contributed by atoms with E-state index in [4.69, 9.17) is 11.6 Å². The Morgan fingerprint density at radius 1 is 1.37 bits per heavy atom. The minimum Gasteiger partial charge on any atom is -0.304 e. The van der Waals surface area contributed by atoms with Crippen molar-refractivity contribution in [3.05, 3.63) is 35.9 Å². The molecule has 0 aromatic heterocycles. The second-order valence-electron chi connectivity index (χ2n) is 4.83. The summed E-state index contributed by atoms with van der Waals surface area (Å²) in [5.41, 5.74) is 0.790. The molecule has 0 spiro atoms. The predicted octanol–water partition coefficient (Wildman–Crippen LogP) is 3.04. The maximum atomic E-state index is 11.7. The summed E-state index contributed by atoms with van der Waals surface area (Å²) >= 11 is 7.69. The molecule has 0 aliphatic carbocycles. The molecule has 1 amide bonds. The summed E-state index contributed by atoms with van der Waals surface area (Å²) in [6, 6.07) is 9.97. The topological polar surface area (TPSA) is 41.5 Å². The van der Waals surface area contributed by atoms with Crippen molar-refractivity contribution in [2.24, 2.45) is 10.9 Å². The highest BCUT2D eigenvalue weighted by atomic mass is 35.5. The van der Waals surface area contributed by atoms with Gasteiger partial charge in [0.2, 0.25) is 5.91 Å². The number of amidine groups is 1. The highest BCUT2D eigenvalue weighted by molar-refractivity contribution is 8.15. The molecule has 102 valence electrons. The van der Waals surface area contributed by atoms with Crippen LogP contribution in [0, 0.1) is 5.92 Å². The summed E-state index contributed by atoms with van der Waals surface area (Å²) in [4.78, 5) is 16.1. The number of benzene rings is 1. The van der Waals surface area contributed by atoms with E-state index < -0.39 is 0 Å². The molecule has 0 radical (unpaired) electrons. The molecule has 2 unspecified atom stereocenters. The van der Waals surface area contributed by atoms with Crippen molar-refractivity contribution in [1.29, 1.82) is 0 Å². The van der Waals surface area contributed by atoms with Crippen molar-refractivity contribution < 1.29 is 4.79 Å². The Hall–Kier alpha value is -1.00. The van der Waals surface area contributed by atoms with Gasteiger partial charge in [-0.3, -0.25) is 4.79 Å². The molecule has 19 heavy (non-hydrogen) atoms. The molecule has 3 nitrogen and oxygen atoms in total. The number of thioether (sulfide) groups is 1. The van der Waals surface area contributed by atoms with Gasteiger partial charge in [-0.2, -0.15) is 0 Å². The van der Waals surface area contributed by atoms with Crippen LogP contribution in [0.4, 0.5) is 0 Å². The highest BCUT2D eigenvalue weighted by Crippen LogP contribution is 2.26. The maximum Gasteiger partial charge on any atom is 0.239 e. The molecule has 0 saturated carbocycles. The zero-order valence-corrected chi connectivity index (χ0v) is 12.5. The number of halogens is 1. The van der Waals surface area contributed by atoms with E-state index >= 15 is 0 Å². The first kappa shape index (κ1) is 14.4. The van der Waals surface area contributed by atoms with Crippen LogP contribution in [0.1, 0.15) is 19.4 Å². The Balaban J connectivity index is 1.97. The largest absolute Gasteiger partial charge is 0.304 e. The van der Waals surface area contributed by atoms with E-state index in [1.807, 2.05) is 44.2 Å². The number of alkyl halides is 1. The lowest BCUT2D eigenvalue weighted by Crippen LogP contribution is -2.28. The van der Waals surface area contributed by atoms with E-state index in [2.05, 4.69) is 10.3 Å². The number of rotatable bonds is 4. The fourth-order valence-electron chi connectivity index (χ4n) is 1.86. The normalized spacial score (nSPS) is 22.8. The third-order valence-corrected chi connectivity index (χ3v) is 4.53. The van der Waals surface area contributed by atoms with Gasteiger partial charge in [0.25, 0.3) is 0 Å². The fraction of sp³-hybridized carbons (Fsp3) is 0.429. The number of aliphatic imine (C=N–C) groups is 1. The first-order valence-corrected chi connectivity index (χ1v) is 7.61. The van der Waals surface area contributed by atoms with Crippen LogP contribution < -0.4 is 5.32 Å². The number of hydrogen-bond donors (Lipinski definition) is 1. The van der Waals surface area contributed by atoms with Gasteiger partial charge >= 0.3 is 0 Å². The average molecular weight is 297 g/mol. The zero-order chi connectivity index (χ0) is 13.8. The number of carbonyl (C=O) groups excluding carboxylic acids is 1. The third kappa shape index (κ3) is 3.98. The average Bonchev–Trinajstić information content (AvgIpc) is 2.71. The van der Waals surface area contributed by atoms with Crippen LogP contribution in [-0.4, -0.2) is 21.8 Å². The summed E-state index contributed by atoms with van der Waals surface area (Å²) in [5.74, 6) is 0.322. The predicted molar refractivity (Wildman–Crippen MR) is 81.6 cm³/mol. The van der Waals surface area contributed by atoms with Gasteiger partial charge in [0.05, 0.1) is 5.25 Å². The van der Waals surface area contributed by atoms with E-state index in [0.29, 0.717) is 17.5 Å². The molecule has 1 heterocycles. The Morgan fingerprint density at radius 3 is 2.63 bits per heavy atom. The monoisotopic (exact) mass is 296 g/mol. The fourth-order valence-corrected chi connectivity index (χ4v) is 3.22. The van der Waals surface area contributed by atoms with Gasteiger partial charge in [0.15, 0.2) is 5.17 Å². The molecule has 1 N–H and O–H groups in total. The molecular formula is C14H17ClN2OS. The van der Waals surface area contributed by atoms with Crippen molar-refractivity contribution in [1.82, 2.24) is 5.32 Å². The summed E-state index contributed by atoms with van der Waals surface area (Å²) < 4.78 is 0. The van der Waals surface area contributed by atoms with Gasteiger partial charge in [-0.15, -0.1) is 0 Å². The van der Waals surface area contributed by atoms with E-state index in [1.54, 1.807) is 0 Å². The zero-order valence-electron chi connectivity index (χ0n) is 11.0. The molecule has 2 atom stereocenters. The van der Waals surface area contributed by atoms with E-state index in [1.165, 1.54) is 11.8 Å². The molecule has 5 heteroatoms. The van der Waals surface area contributed by atoms with Crippen LogP contribution in [0.5, 0.6) is 0 Å². The molecule has 1 saturated heterocycles. The van der Waals surface area contributed by atoms with E-state index in [-0.39, 0.29) is 16.7 Å². The minimum atomic E-state index is -0.351. The number of nitrogens with one attached hydrogen (secondary N) is 1.